The second-order valence-corrected chi connectivity index (χ2v) is 11.6. The van der Waals surface area contributed by atoms with E-state index in [4.69, 9.17) is 14.0 Å². The number of carbonyl (C=O) groups is 2. The molecule has 4 aliphatic rings. The lowest BCUT2D eigenvalue weighted by molar-refractivity contribution is -0.221. The maximum absolute atomic E-state index is 13.3. The first-order valence-corrected chi connectivity index (χ1v) is 12.0. The zero-order valence-electron chi connectivity index (χ0n) is 17.5. The van der Waals surface area contributed by atoms with Crippen molar-refractivity contribution in [2.45, 2.75) is 83.8 Å². The average Bonchev–Trinajstić information content (AvgIpc) is 2.58. The molecule has 0 aliphatic heterocycles. The van der Waals surface area contributed by atoms with Crippen LogP contribution < -0.4 is 0 Å². The maximum Gasteiger partial charge on any atom is 0.312 e. The maximum atomic E-state index is 13.3. The molecule has 10 heteroatoms. The summed E-state index contributed by atoms with van der Waals surface area (Å²) in [5, 5.41) is 0. The number of hydrogen-bond donors (Lipinski definition) is 1. The van der Waals surface area contributed by atoms with Crippen LogP contribution in [0, 0.1) is 22.7 Å². The summed E-state index contributed by atoms with van der Waals surface area (Å²) in [6.07, 6.45) is -1.66. The van der Waals surface area contributed by atoms with Gasteiger partial charge in [-0.2, -0.15) is 8.42 Å². The molecule has 0 radical (unpaired) electrons. The third-order valence-corrected chi connectivity index (χ3v) is 7.85. The fraction of sp³-hybridized carbons (Fsp3) is 0.900. The summed E-state index contributed by atoms with van der Waals surface area (Å²) >= 11 is 0. The third kappa shape index (κ3) is 4.64. The zero-order chi connectivity index (χ0) is 22.5. The molecule has 3 unspecified atom stereocenters. The Morgan fingerprint density at radius 1 is 1.17 bits per heavy atom. The van der Waals surface area contributed by atoms with Gasteiger partial charge in [0.25, 0.3) is 16.5 Å². The van der Waals surface area contributed by atoms with Gasteiger partial charge in [0.15, 0.2) is 6.10 Å². The summed E-state index contributed by atoms with van der Waals surface area (Å²) < 4.78 is 68.4. The molecule has 172 valence electrons. The molecule has 0 aromatic heterocycles. The average molecular weight is 453 g/mol. The number of hydrogen-bond acceptors (Lipinski definition) is 6. The standard InChI is InChI=1S/C20H30F2O7S/c1-4-18(2,3)16(23)29-20-8-12-5-13(9-20)7-19(6-12,11-20)17(24)28-14(15(21)22)10-30(25,26)27/h12-15H,4-11H2,1-3H3,(H,25,26,27). The minimum atomic E-state index is -4.74. The molecule has 0 amide bonds. The van der Waals surface area contributed by atoms with Gasteiger partial charge < -0.3 is 9.47 Å². The molecule has 0 heterocycles. The van der Waals surface area contributed by atoms with Gasteiger partial charge in [0.05, 0.1) is 10.8 Å². The number of alkyl halides is 2. The number of ether oxygens (including phenoxy) is 2. The van der Waals surface area contributed by atoms with Gasteiger partial charge in [0.2, 0.25) is 0 Å². The Labute approximate surface area is 175 Å². The number of halogens is 2. The highest BCUT2D eigenvalue weighted by Crippen LogP contribution is 2.63. The molecule has 4 bridgehead atoms. The summed E-state index contributed by atoms with van der Waals surface area (Å²) in [6.45, 7) is 5.48. The van der Waals surface area contributed by atoms with Crippen LogP contribution in [-0.4, -0.2) is 48.8 Å². The van der Waals surface area contributed by atoms with Gasteiger partial charge >= 0.3 is 11.9 Å². The van der Waals surface area contributed by atoms with Crippen molar-refractivity contribution in [3.63, 3.8) is 0 Å². The summed E-state index contributed by atoms with van der Waals surface area (Å²) in [6, 6.07) is 0. The predicted molar refractivity (Wildman–Crippen MR) is 102 cm³/mol. The zero-order valence-corrected chi connectivity index (χ0v) is 18.3. The fourth-order valence-electron chi connectivity index (χ4n) is 5.64. The van der Waals surface area contributed by atoms with Crippen LogP contribution in [-0.2, 0) is 29.2 Å². The van der Waals surface area contributed by atoms with Crippen LogP contribution in [0.3, 0.4) is 0 Å². The molecule has 7 nitrogen and oxygen atoms in total. The van der Waals surface area contributed by atoms with Crippen LogP contribution >= 0.6 is 0 Å². The summed E-state index contributed by atoms with van der Waals surface area (Å²) in [5.41, 5.74) is -2.57. The van der Waals surface area contributed by atoms with Crippen LogP contribution in [0.1, 0.15) is 65.7 Å². The smallest absolute Gasteiger partial charge is 0.312 e. The van der Waals surface area contributed by atoms with E-state index in [1.165, 1.54) is 0 Å². The minimum absolute atomic E-state index is 0.114. The molecule has 3 atom stereocenters. The molecular weight excluding hydrogens is 422 g/mol. The fourth-order valence-corrected chi connectivity index (χ4v) is 6.27. The highest BCUT2D eigenvalue weighted by molar-refractivity contribution is 7.85. The Morgan fingerprint density at radius 3 is 2.20 bits per heavy atom. The predicted octanol–water partition coefficient (Wildman–Crippen LogP) is 3.37. The Morgan fingerprint density at radius 2 is 1.73 bits per heavy atom. The molecule has 4 fully saturated rings. The van der Waals surface area contributed by atoms with Crippen molar-refractivity contribution in [3.05, 3.63) is 0 Å². The van der Waals surface area contributed by atoms with Crippen LogP contribution in [0.25, 0.3) is 0 Å². The summed E-state index contributed by atoms with van der Waals surface area (Å²) in [5.74, 6) is -2.36. The normalized spacial score (nSPS) is 34.1. The van der Waals surface area contributed by atoms with Gasteiger partial charge in [-0.3, -0.25) is 14.1 Å². The number of carbonyl (C=O) groups excluding carboxylic acids is 2. The molecule has 0 saturated heterocycles. The Kier molecular flexibility index (Phi) is 5.99. The first kappa shape index (κ1) is 23.4. The summed E-state index contributed by atoms with van der Waals surface area (Å²) in [7, 11) is -4.74. The Balaban J connectivity index is 1.81. The van der Waals surface area contributed by atoms with Crippen molar-refractivity contribution < 1.29 is 40.8 Å². The van der Waals surface area contributed by atoms with Crippen molar-refractivity contribution in [2.75, 3.05) is 5.75 Å². The van der Waals surface area contributed by atoms with Gasteiger partial charge in [0, 0.05) is 6.42 Å². The van der Waals surface area contributed by atoms with Crippen molar-refractivity contribution >= 4 is 22.1 Å². The van der Waals surface area contributed by atoms with E-state index < -0.39 is 50.8 Å². The van der Waals surface area contributed by atoms with E-state index in [0.717, 1.165) is 6.42 Å². The van der Waals surface area contributed by atoms with Crippen molar-refractivity contribution in [3.8, 4) is 0 Å². The van der Waals surface area contributed by atoms with E-state index in [-0.39, 0.29) is 24.2 Å². The lowest BCUT2D eigenvalue weighted by atomic mass is 9.48. The lowest BCUT2D eigenvalue weighted by Crippen LogP contribution is -2.61. The second kappa shape index (κ2) is 7.69. The molecule has 0 aromatic rings. The Bertz CT molecular complexity index is 794. The van der Waals surface area contributed by atoms with E-state index in [1.54, 1.807) is 13.8 Å². The van der Waals surface area contributed by atoms with Crippen molar-refractivity contribution in [1.82, 2.24) is 0 Å². The highest BCUT2D eigenvalue weighted by atomic mass is 32.2. The number of esters is 2. The van der Waals surface area contributed by atoms with Gasteiger partial charge in [-0.05, 0) is 64.2 Å². The molecule has 1 N–H and O–H groups in total. The Hall–Kier alpha value is -1.29. The molecule has 0 spiro atoms. The quantitative estimate of drug-likeness (QED) is 0.444. The number of rotatable bonds is 8. The van der Waals surface area contributed by atoms with Crippen LogP contribution in [0.5, 0.6) is 0 Å². The first-order valence-electron chi connectivity index (χ1n) is 10.4. The molecular formula is C20H30F2O7S. The lowest BCUT2D eigenvalue weighted by Gasteiger charge is -2.60. The van der Waals surface area contributed by atoms with E-state index in [1.807, 2.05) is 6.92 Å². The van der Waals surface area contributed by atoms with Gasteiger partial charge in [-0.25, -0.2) is 8.78 Å². The van der Waals surface area contributed by atoms with Gasteiger partial charge in [-0.1, -0.05) is 6.92 Å². The van der Waals surface area contributed by atoms with Crippen LogP contribution in [0.15, 0.2) is 0 Å². The topological polar surface area (TPSA) is 107 Å². The largest absolute Gasteiger partial charge is 0.459 e. The molecule has 4 aliphatic carbocycles. The van der Waals surface area contributed by atoms with Crippen LogP contribution in [0.2, 0.25) is 0 Å². The third-order valence-electron chi connectivity index (χ3n) is 7.10. The van der Waals surface area contributed by atoms with Crippen molar-refractivity contribution in [1.29, 1.82) is 0 Å². The van der Waals surface area contributed by atoms with Crippen molar-refractivity contribution in [2.24, 2.45) is 22.7 Å². The molecule has 30 heavy (non-hydrogen) atoms. The second-order valence-electron chi connectivity index (χ2n) is 10.1. The molecule has 4 saturated carbocycles. The van der Waals surface area contributed by atoms with E-state index >= 15 is 0 Å². The highest BCUT2D eigenvalue weighted by Gasteiger charge is 2.63. The summed E-state index contributed by atoms with van der Waals surface area (Å²) in [4.78, 5) is 25.8. The SMILES string of the molecule is CCC(C)(C)C(=O)OC12CC3CC(C1)CC(C(=O)OC(CS(=O)(=O)O)C(F)F)(C3)C2. The van der Waals surface area contributed by atoms with E-state index in [2.05, 4.69) is 0 Å². The monoisotopic (exact) mass is 452 g/mol. The van der Waals surface area contributed by atoms with Gasteiger partial charge in [0.1, 0.15) is 11.4 Å². The minimum Gasteiger partial charge on any atom is -0.459 e. The molecule has 0 aromatic carbocycles. The van der Waals surface area contributed by atoms with E-state index in [0.29, 0.717) is 32.1 Å². The molecule has 4 rings (SSSR count). The van der Waals surface area contributed by atoms with E-state index in [9.17, 15) is 26.8 Å². The van der Waals surface area contributed by atoms with Gasteiger partial charge in [-0.15, -0.1) is 0 Å². The van der Waals surface area contributed by atoms with Crippen LogP contribution in [0.4, 0.5) is 8.78 Å². The first-order chi connectivity index (χ1) is 13.7.